The highest BCUT2D eigenvalue weighted by Crippen LogP contribution is 2.14. The summed E-state index contributed by atoms with van der Waals surface area (Å²) in [6.45, 7) is 0.193. The first-order chi connectivity index (χ1) is 8.75. The molecule has 2 heterocycles. The molecule has 0 aromatic carbocycles. The fourth-order valence-electron chi connectivity index (χ4n) is 1.38. The molecule has 0 radical (unpaired) electrons. The molecule has 0 fully saturated rings. The van der Waals surface area contributed by atoms with Crippen molar-refractivity contribution in [1.29, 1.82) is 0 Å². The average Bonchev–Trinajstić information content (AvgIpc) is 3.05. The summed E-state index contributed by atoms with van der Waals surface area (Å²) in [5.41, 5.74) is 0.815. The molecule has 18 heavy (non-hydrogen) atoms. The van der Waals surface area contributed by atoms with Crippen LogP contribution in [0.5, 0.6) is 0 Å². The molecule has 1 unspecified atom stereocenters. The van der Waals surface area contributed by atoms with E-state index in [1.807, 2.05) is 16.8 Å². The highest BCUT2D eigenvalue weighted by Gasteiger charge is 2.08. The summed E-state index contributed by atoms with van der Waals surface area (Å²) in [5, 5.41) is 16.1. The van der Waals surface area contributed by atoms with E-state index in [9.17, 15) is 9.90 Å². The summed E-state index contributed by atoms with van der Waals surface area (Å²) >= 11 is 1.51. The number of hydrogen-bond acceptors (Lipinski definition) is 4. The van der Waals surface area contributed by atoms with E-state index in [1.165, 1.54) is 23.7 Å². The van der Waals surface area contributed by atoms with E-state index in [1.54, 1.807) is 18.2 Å². The van der Waals surface area contributed by atoms with Crippen molar-refractivity contribution in [3.63, 3.8) is 0 Å². The van der Waals surface area contributed by atoms with Crippen LogP contribution in [0.25, 0.3) is 6.08 Å². The zero-order chi connectivity index (χ0) is 12.8. The Balaban J connectivity index is 1.78. The van der Waals surface area contributed by atoms with Gasteiger partial charge in [-0.3, -0.25) is 4.79 Å². The van der Waals surface area contributed by atoms with Gasteiger partial charge >= 0.3 is 0 Å². The Hall–Kier alpha value is -1.85. The third-order valence-corrected chi connectivity index (χ3v) is 3.04. The topological polar surface area (TPSA) is 62.5 Å². The number of amides is 1. The molecule has 0 saturated heterocycles. The van der Waals surface area contributed by atoms with Crippen LogP contribution < -0.4 is 5.32 Å². The Morgan fingerprint density at radius 3 is 3.11 bits per heavy atom. The lowest BCUT2D eigenvalue weighted by molar-refractivity contribution is -0.116. The minimum Gasteiger partial charge on any atom is -0.465 e. The second kappa shape index (κ2) is 6.18. The smallest absolute Gasteiger partial charge is 0.244 e. The molecule has 94 valence electrons. The third kappa shape index (κ3) is 3.58. The normalized spacial score (nSPS) is 12.7. The van der Waals surface area contributed by atoms with Crippen molar-refractivity contribution in [2.24, 2.45) is 0 Å². The minimum atomic E-state index is -0.669. The fraction of sp³-hybridized carbons (Fsp3) is 0.154. The zero-order valence-corrected chi connectivity index (χ0v) is 10.4. The van der Waals surface area contributed by atoms with Gasteiger partial charge in [-0.25, -0.2) is 0 Å². The summed E-state index contributed by atoms with van der Waals surface area (Å²) in [6.07, 6.45) is 3.82. The van der Waals surface area contributed by atoms with Crippen molar-refractivity contribution < 1.29 is 14.3 Å². The number of nitrogens with one attached hydrogen (secondary N) is 1. The SMILES string of the molecule is O=C(/C=C/c1ccco1)NCC(O)c1ccsc1. The lowest BCUT2D eigenvalue weighted by Crippen LogP contribution is -2.26. The molecule has 0 aliphatic carbocycles. The standard InChI is InChI=1S/C13H13NO3S/c15-12(10-5-7-18-9-10)8-14-13(16)4-3-11-2-1-6-17-11/h1-7,9,12,15H,8H2,(H,14,16)/b4-3+. The number of furan rings is 1. The molecule has 5 heteroatoms. The van der Waals surface area contributed by atoms with Crippen LogP contribution in [0.4, 0.5) is 0 Å². The number of hydrogen-bond donors (Lipinski definition) is 2. The maximum atomic E-state index is 11.5. The van der Waals surface area contributed by atoms with Gasteiger partial charge in [0.15, 0.2) is 0 Å². The lowest BCUT2D eigenvalue weighted by Gasteiger charge is -2.08. The monoisotopic (exact) mass is 263 g/mol. The molecule has 2 rings (SSSR count). The summed E-state index contributed by atoms with van der Waals surface area (Å²) in [5.74, 6) is 0.351. The average molecular weight is 263 g/mol. The number of rotatable bonds is 5. The molecular formula is C13H13NO3S. The first-order valence-corrected chi connectivity index (χ1v) is 6.39. The molecular weight excluding hydrogens is 250 g/mol. The van der Waals surface area contributed by atoms with Gasteiger partial charge in [0.2, 0.25) is 5.91 Å². The van der Waals surface area contributed by atoms with E-state index >= 15 is 0 Å². The van der Waals surface area contributed by atoms with Crippen molar-refractivity contribution in [1.82, 2.24) is 5.32 Å². The molecule has 2 N–H and O–H groups in total. The number of carbonyl (C=O) groups is 1. The molecule has 1 amide bonds. The van der Waals surface area contributed by atoms with Gasteiger partial charge in [0, 0.05) is 12.6 Å². The van der Waals surface area contributed by atoms with Crippen LogP contribution in [0.1, 0.15) is 17.4 Å². The van der Waals surface area contributed by atoms with Gasteiger partial charge in [-0.15, -0.1) is 0 Å². The van der Waals surface area contributed by atoms with E-state index in [4.69, 9.17) is 4.42 Å². The Kier molecular flexibility index (Phi) is 4.33. The number of aliphatic hydroxyl groups is 1. The van der Waals surface area contributed by atoms with E-state index in [0.717, 1.165) is 5.56 Å². The summed E-state index contributed by atoms with van der Waals surface area (Å²) < 4.78 is 5.05. The molecule has 0 aliphatic rings. The van der Waals surface area contributed by atoms with Crippen molar-refractivity contribution in [2.75, 3.05) is 6.54 Å². The van der Waals surface area contributed by atoms with E-state index in [0.29, 0.717) is 5.76 Å². The van der Waals surface area contributed by atoms with E-state index < -0.39 is 6.10 Å². The predicted molar refractivity (Wildman–Crippen MR) is 70.0 cm³/mol. The highest BCUT2D eigenvalue weighted by atomic mass is 32.1. The number of carbonyl (C=O) groups excluding carboxylic acids is 1. The van der Waals surface area contributed by atoms with Crippen LogP contribution in [0.15, 0.2) is 45.7 Å². The van der Waals surface area contributed by atoms with Crippen LogP contribution in [0, 0.1) is 0 Å². The summed E-state index contributed by atoms with van der Waals surface area (Å²) in [4.78, 5) is 11.5. The highest BCUT2D eigenvalue weighted by molar-refractivity contribution is 7.07. The maximum absolute atomic E-state index is 11.5. The summed E-state index contributed by atoms with van der Waals surface area (Å²) in [6, 6.07) is 5.34. The largest absolute Gasteiger partial charge is 0.465 e. The van der Waals surface area contributed by atoms with E-state index in [2.05, 4.69) is 5.32 Å². The molecule has 2 aromatic rings. The molecule has 2 aromatic heterocycles. The van der Waals surface area contributed by atoms with Crippen molar-refractivity contribution in [2.45, 2.75) is 6.10 Å². The van der Waals surface area contributed by atoms with Crippen LogP contribution in [0.2, 0.25) is 0 Å². The van der Waals surface area contributed by atoms with Crippen molar-refractivity contribution >= 4 is 23.3 Å². The fourth-order valence-corrected chi connectivity index (χ4v) is 2.09. The van der Waals surface area contributed by atoms with E-state index in [-0.39, 0.29) is 12.5 Å². The molecule has 0 spiro atoms. The number of thiophene rings is 1. The van der Waals surface area contributed by atoms with Crippen LogP contribution >= 0.6 is 11.3 Å². The second-order valence-corrected chi connectivity index (χ2v) is 4.45. The van der Waals surface area contributed by atoms with Gasteiger partial charge < -0.3 is 14.8 Å². The van der Waals surface area contributed by atoms with Gasteiger partial charge in [0.1, 0.15) is 5.76 Å². The number of aliphatic hydroxyl groups excluding tert-OH is 1. The van der Waals surface area contributed by atoms with Gasteiger partial charge in [-0.05, 0) is 40.6 Å². The molecule has 1 atom stereocenters. The third-order valence-electron chi connectivity index (χ3n) is 2.34. The predicted octanol–water partition coefficient (Wildman–Crippen LogP) is 2.20. The molecule has 0 bridgehead atoms. The first-order valence-electron chi connectivity index (χ1n) is 5.45. The van der Waals surface area contributed by atoms with Gasteiger partial charge in [0.05, 0.1) is 12.4 Å². The maximum Gasteiger partial charge on any atom is 0.244 e. The van der Waals surface area contributed by atoms with Gasteiger partial charge in [0.25, 0.3) is 0 Å². The summed E-state index contributed by atoms with van der Waals surface area (Å²) in [7, 11) is 0. The lowest BCUT2D eigenvalue weighted by atomic mass is 10.2. The van der Waals surface area contributed by atoms with Crippen LogP contribution in [-0.2, 0) is 4.79 Å². The Labute approximate surface area is 109 Å². The van der Waals surface area contributed by atoms with Crippen molar-refractivity contribution in [3.05, 3.63) is 52.6 Å². The molecule has 0 saturated carbocycles. The zero-order valence-electron chi connectivity index (χ0n) is 9.58. The quantitative estimate of drug-likeness (QED) is 0.813. The van der Waals surface area contributed by atoms with Gasteiger partial charge in [-0.1, -0.05) is 0 Å². The van der Waals surface area contributed by atoms with Crippen LogP contribution in [-0.4, -0.2) is 17.6 Å². The Bertz CT molecular complexity index is 502. The minimum absolute atomic E-state index is 0.193. The molecule has 4 nitrogen and oxygen atoms in total. The molecule has 0 aliphatic heterocycles. The second-order valence-electron chi connectivity index (χ2n) is 3.67. The van der Waals surface area contributed by atoms with Crippen molar-refractivity contribution in [3.8, 4) is 0 Å². The van der Waals surface area contributed by atoms with Gasteiger partial charge in [-0.2, -0.15) is 11.3 Å². The van der Waals surface area contributed by atoms with Crippen LogP contribution in [0.3, 0.4) is 0 Å². The first kappa shape index (κ1) is 12.6. The Morgan fingerprint density at radius 2 is 2.44 bits per heavy atom. The Morgan fingerprint density at radius 1 is 1.56 bits per heavy atom.